The summed E-state index contributed by atoms with van der Waals surface area (Å²) in [6, 6.07) is 16.5. The number of hydrogen-bond donors (Lipinski definition) is 3. The van der Waals surface area contributed by atoms with Gasteiger partial charge in [0.15, 0.2) is 11.6 Å². The molecule has 1 aliphatic carbocycles. The molecule has 1 aromatic carbocycles. The van der Waals surface area contributed by atoms with Crippen molar-refractivity contribution in [2.45, 2.75) is 82.1 Å². The summed E-state index contributed by atoms with van der Waals surface area (Å²) in [7, 11) is -4.59. The van der Waals surface area contributed by atoms with Gasteiger partial charge >= 0.3 is 6.18 Å². The number of alkyl halides is 3. The van der Waals surface area contributed by atoms with Gasteiger partial charge in [-0.2, -0.15) is 21.6 Å². The Bertz CT molecular complexity index is 2040. The normalized spacial score (nSPS) is 17.6. The molecule has 6 rings (SSSR count). The molecule has 3 aromatic heterocycles. The molecule has 1 atom stereocenters. The predicted octanol–water partition coefficient (Wildman–Crippen LogP) is 7.10. The highest BCUT2D eigenvalue weighted by molar-refractivity contribution is 7.90. The van der Waals surface area contributed by atoms with Crippen molar-refractivity contribution in [1.29, 1.82) is 0 Å². The topological polar surface area (TPSA) is 149 Å². The van der Waals surface area contributed by atoms with E-state index in [1.807, 2.05) is 35.1 Å². The van der Waals surface area contributed by atoms with E-state index in [2.05, 4.69) is 39.5 Å². The largest absolute Gasteiger partial charge is 0.486 e. The van der Waals surface area contributed by atoms with Gasteiger partial charge in [0.25, 0.3) is 15.9 Å². The Hall–Kier alpha value is -4.41. The molecule has 17 heteroatoms. The van der Waals surface area contributed by atoms with Gasteiger partial charge < -0.3 is 20.1 Å². The zero-order valence-corrected chi connectivity index (χ0v) is 31.5. The summed E-state index contributed by atoms with van der Waals surface area (Å²) in [6.45, 7) is 6.02. The molecule has 3 N–H and O–H groups in total. The Balaban J connectivity index is 1.10. The van der Waals surface area contributed by atoms with Crippen molar-refractivity contribution in [2.75, 3.05) is 25.0 Å². The van der Waals surface area contributed by atoms with Gasteiger partial charge in [-0.25, -0.2) is 19.4 Å². The fourth-order valence-corrected chi connectivity index (χ4v) is 7.83. The summed E-state index contributed by atoms with van der Waals surface area (Å²) in [5, 5.41) is 10.2. The van der Waals surface area contributed by atoms with Crippen LogP contribution in [-0.2, 0) is 16.6 Å². The van der Waals surface area contributed by atoms with Crippen LogP contribution in [0.3, 0.4) is 0 Å². The summed E-state index contributed by atoms with van der Waals surface area (Å²) in [6.07, 6.45) is 0.728. The summed E-state index contributed by atoms with van der Waals surface area (Å²) < 4.78 is 81.8. The lowest BCUT2D eigenvalue weighted by atomic mass is 9.94. The van der Waals surface area contributed by atoms with E-state index in [0.29, 0.717) is 18.3 Å². The maximum absolute atomic E-state index is 13.7. The predicted molar refractivity (Wildman–Crippen MR) is 196 cm³/mol. The van der Waals surface area contributed by atoms with E-state index in [0.717, 1.165) is 31.4 Å². The fraction of sp³-hybridized carbons (Fsp3) is 0.459. The molecule has 0 bridgehead atoms. The first-order valence-electron chi connectivity index (χ1n) is 17.8. The molecule has 290 valence electrons. The molecule has 1 saturated heterocycles. The summed E-state index contributed by atoms with van der Waals surface area (Å²) in [5.41, 5.74) is -0.891. The van der Waals surface area contributed by atoms with E-state index in [-0.39, 0.29) is 72.6 Å². The minimum Gasteiger partial charge on any atom is -0.486 e. The van der Waals surface area contributed by atoms with Crippen LogP contribution in [0.4, 0.5) is 19.0 Å². The van der Waals surface area contributed by atoms with Crippen molar-refractivity contribution in [3.8, 4) is 17.4 Å². The summed E-state index contributed by atoms with van der Waals surface area (Å²) >= 11 is 6.37. The number of ether oxygens (including phenoxy) is 2. The monoisotopic (exact) mass is 789 g/mol. The van der Waals surface area contributed by atoms with Crippen LogP contribution in [0, 0.1) is 11.3 Å². The Morgan fingerprint density at radius 1 is 1.04 bits per heavy atom. The van der Waals surface area contributed by atoms with Crippen molar-refractivity contribution in [3.63, 3.8) is 0 Å². The van der Waals surface area contributed by atoms with Gasteiger partial charge in [0, 0.05) is 24.3 Å². The van der Waals surface area contributed by atoms with E-state index in [4.69, 9.17) is 21.1 Å². The average molecular weight is 790 g/mol. The quantitative estimate of drug-likeness (QED) is 0.0748. The second kappa shape index (κ2) is 16.1. The number of amides is 1. The molecule has 0 spiro atoms. The summed E-state index contributed by atoms with van der Waals surface area (Å²) in [5.74, 6) is 0.129. The van der Waals surface area contributed by atoms with Crippen LogP contribution in [0.25, 0.3) is 5.82 Å². The Labute approximate surface area is 317 Å². The molecular formula is C37H43ClF3N7O5S. The van der Waals surface area contributed by atoms with E-state index in [1.165, 1.54) is 35.1 Å². The third kappa shape index (κ3) is 9.82. The first-order chi connectivity index (χ1) is 25.6. The molecule has 4 aromatic rings. The van der Waals surface area contributed by atoms with Gasteiger partial charge in [0.1, 0.15) is 17.6 Å². The minimum atomic E-state index is -4.59. The molecular weight excluding hydrogens is 747 g/mol. The molecule has 0 unspecified atom stereocenters. The van der Waals surface area contributed by atoms with Gasteiger partial charge in [-0.05, 0) is 101 Å². The maximum Gasteiger partial charge on any atom is 0.394 e. The second-order valence-electron chi connectivity index (χ2n) is 14.4. The number of halogens is 4. The highest BCUT2D eigenvalue weighted by Crippen LogP contribution is 2.60. The number of aromatic nitrogens is 4. The number of nitrogens with one attached hydrogen (secondary N) is 3. The van der Waals surface area contributed by atoms with E-state index < -0.39 is 32.5 Å². The highest BCUT2D eigenvalue weighted by Gasteiger charge is 2.62. The lowest BCUT2D eigenvalue weighted by Crippen LogP contribution is -2.32. The van der Waals surface area contributed by atoms with E-state index in [9.17, 15) is 26.4 Å². The molecule has 1 aliphatic heterocycles. The number of carbonyl (C=O) groups is 1. The van der Waals surface area contributed by atoms with Crippen LogP contribution in [0.15, 0.2) is 71.9 Å². The van der Waals surface area contributed by atoms with Crippen molar-refractivity contribution >= 4 is 33.3 Å². The van der Waals surface area contributed by atoms with Gasteiger partial charge in [0.05, 0.1) is 17.6 Å². The van der Waals surface area contributed by atoms with Crippen molar-refractivity contribution in [3.05, 3.63) is 83.1 Å². The molecule has 1 saturated carbocycles. The molecule has 54 heavy (non-hydrogen) atoms. The Kier molecular flexibility index (Phi) is 11.7. The molecule has 0 radical (unpaired) electrons. The molecule has 4 heterocycles. The third-order valence-corrected chi connectivity index (χ3v) is 11.2. The third-order valence-electron chi connectivity index (χ3n) is 9.69. The van der Waals surface area contributed by atoms with Gasteiger partial charge in [-0.15, -0.1) is 5.10 Å². The second-order valence-corrected chi connectivity index (χ2v) is 16.4. The SMILES string of the molecule is CC1(C)C[C@H](CCCNc2ccc(OCc3ccccc3)c(S(=O)(=O)NC(=O)c3ccc(-n4ccc(OCCCC5(C(F)(F)F)CC5)n4)nc3Cl)n2)CN1. The minimum absolute atomic E-state index is 0.00848. The van der Waals surface area contributed by atoms with Crippen molar-refractivity contribution in [1.82, 2.24) is 29.8 Å². The Morgan fingerprint density at radius 3 is 2.50 bits per heavy atom. The molecule has 1 amide bonds. The number of nitrogens with zero attached hydrogens (tertiary/aromatic N) is 4. The highest BCUT2D eigenvalue weighted by atomic mass is 35.5. The molecule has 2 aliphatic rings. The average Bonchev–Trinajstić information content (AvgIpc) is 3.65. The maximum atomic E-state index is 13.7. The first-order valence-corrected chi connectivity index (χ1v) is 19.7. The number of rotatable bonds is 17. The number of anilines is 1. The van der Waals surface area contributed by atoms with Crippen molar-refractivity contribution < 1.29 is 35.9 Å². The standard InChI is InChI=1S/C37H43ClF3N7O5S/c1-35(2)22-26(23-43-35)10-6-19-42-29-13-12-28(53-24-25-8-4-3-5-9-25)34(44-29)54(50,51)47-33(49)27-11-14-30(45-32(27)38)48-20-15-31(46-48)52-21-7-16-36(17-18-36)37(39,40)41/h3-5,8-9,11-15,20,26,43H,6-7,10,16-19,21-24H2,1-2H3,(H,42,44)(H,47,49)/t26-/m0/s1. The Morgan fingerprint density at radius 2 is 1.81 bits per heavy atom. The molecule has 12 nitrogen and oxygen atoms in total. The van der Waals surface area contributed by atoms with E-state index in [1.54, 1.807) is 6.07 Å². The van der Waals surface area contributed by atoms with Gasteiger partial charge in [-0.3, -0.25) is 4.79 Å². The van der Waals surface area contributed by atoms with Crippen LogP contribution in [0.2, 0.25) is 5.15 Å². The molecule has 2 fully saturated rings. The van der Waals surface area contributed by atoms with Gasteiger partial charge in [0.2, 0.25) is 10.9 Å². The van der Waals surface area contributed by atoms with Crippen LogP contribution in [-0.4, -0.2) is 65.5 Å². The number of sulfonamides is 1. The van der Waals surface area contributed by atoms with Crippen LogP contribution in [0.1, 0.15) is 74.7 Å². The number of carbonyl (C=O) groups excluding carboxylic acids is 1. The van der Waals surface area contributed by atoms with Crippen molar-refractivity contribution in [2.24, 2.45) is 11.3 Å². The fourth-order valence-electron chi connectivity index (χ4n) is 6.53. The number of benzene rings is 1. The van der Waals surface area contributed by atoms with Gasteiger partial charge in [-0.1, -0.05) is 41.9 Å². The number of pyridine rings is 2. The van der Waals surface area contributed by atoms with E-state index >= 15 is 0 Å². The summed E-state index contributed by atoms with van der Waals surface area (Å²) in [4.78, 5) is 21.9. The van der Waals surface area contributed by atoms with Crippen LogP contribution in [0.5, 0.6) is 11.6 Å². The number of hydrogen-bond acceptors (Lipinski definition) is 10. The lowest BCUT2D eigenvalue weighted by molar-refractivity contribution is -0.189. The first kappa shape index (κ1) is 39.3. The van der Waals surface area contributed by atoms with Crippen LogP contribution >= 0.6 is 11.6 Å². The zero-order valence-electron chi connectivity index (χ0n) is 30.0. The zero-order chi connectivity index (χ0) is 38.6. The lowest BCUT2D eigenvalue weighted by Gasteiger charge is -2.18. The smallest absolute Gasteiger partial charge is 0.394 e. The van der Waals surface area contributed by atoms with Crippen LogP contribution < -0.4 is 24.8 Å².